The molecule has 25 heavy (non-hydrogen) atoms. The van der Waals surface area contributed by atoms with Crippen molar-refractivity contribution in [3.63, 3.8) is 0 Å². The predicted octanol–water partition coefficient (Wildman–Crippen LogP) is 5.32. The van der Waals surface area contributed by atoms with Gasteiger partial charge in [0, 0.05) is 5.56 Å². The van der Waals surface area contributed by atoms with Crippen molar-refractivity contribution < 1.29 is 9.21 Å². The quantitative estimate of drug-likeness (QED) is 0.448. The molecule has 0 aliphatic heterocycles. The SMILES string of the molecule is Cc1ccsc1-c1nnc(SCC(=O)c2cc(C)c(C)c(C)c2C)o1. The van der Waals surface area contributed by atoms with Crippen LogP contribution in [0.5, 0.6) is 0 Å². The van der Waals surface area contributed by atoms with Crippen molar-refractivity contribution in [1.82, 2.24) is 10.2 Å². The Hall–Kier alpha value is -1.92. The van der Waals surface area contributed by atoms with Crippen molar-refractivity contribution >= 4 is 28.9 Å². The number of rotatable bonds is 5. The maximum Gasteiger partial charge on any atom is 0.277 e. The average Bonchev–Trinajstić information content (AvgIpc) is 3.22. The van der Waals surface area contributed by atoms with Gasteiger partial charge >= 0.3 is 0 Å². The van der Waals surface area contributed by atoms with Gasteiger partial charge in [-0.3, -0.25) is 4.79 Å². The van der Waals surface area contributed by atoms with Crippen molar-refractivity contribution in [2.45, 2.75) is 39.8 Å². The minimum atomic E-state index is 0.0840. The molecule has 0 bridgehead atoms. The van der Waals surface area contributed by atoms with Crippen LogP contribution in [0.1, 0.15) is 38.2 Å². The second kappa shape index (κ2) is 7.14. The van der Waals surface area contributed by atoms with Crippen LogP contribution in [-0.4, -0.2) is 21.7 Å². The first kappa shape index (κ1) is 17.9. The Morgan fingerprint density at radius 1 is 1.08 bits per heavy atom. The number of thioether (sulfide) groups is 1. The number of thiophene rings is 1. The molecule has 0 N–H and O–H groups in total. The van der Waals surface area contributed by atoms with Gasteiger partial charge in [0.05, 0.1) is 10.6 Å². The van der Waals surface area contributed by atoms with E-state index in [9.17, 15) is 4.79 Å². The fourth-order valence-corrected chi connectivity index (χ4v) is 4.15. The Labute approximate surface area is 155 Å². The summed E-state index contributed by atoms with van der Waals surface area (Å²) in [5.74, 6) is 0.884. The monoisotopic (exact) mass is 372 g/mol. The highest BCUT2D eigenvalue weighted by molar-refractivity contribution is 7.99. The minimum absolute atomic E-state index is 0.0840. The standard InChI is InChI=1S/C19H20N2O2S2/c1-10-6-7-24-17(10)18-20-21-19(23-18)25-9-16(22)15-8-11(2)12(3)13(4)14(15)5/h6-8H,9H2,1-5H3. The molecule has 0 saturated heterocycles. The summed E-state index contributed by atoms with van der Waals surface area (Å²) in [5, 5.41) is 10.6. The smallest absolute Gasteiger partial charge is 0.277 e. The van der Waals surface area contributed by atoms with Gasteiger partial charge in [-0.1, -0.05) is 11.8 Å². The van der Waals surface area contributed by atoms with E-state index in [1.807, 2.05) is 38.3 Å². The molecule has 130 valence electrons. The van der Waals surface area contributed by atoms with Crippen molar-refractivity contribution in [2.75, 3.05) is 5.75 Å². The van der Waals surface area contributed by atoms with Crippen molar-refractivity contribution in [3.05, 3.63) is 50.9 Å². The zero-order valence-electron chi connectivity index (χ0n) is 15.0. The van der Waals surface area contributed by atoms with E-state index < -0.39 is 0 Å². The fourth-order valence-electron chi connectivity index (χ4n) is 2.66. The molecule has 2 heterocycles. The molecular weight excluding hydrogens is 352 g/mol. The van der Waals surface area contributed by atoms with Crippen LogP contribution in [0.15, 0.2) is 27.2 Å². The van der Waals surface area contributed by atoms with Gasteiger partial charge in [-0.2, -0.15) is 0 Å². The summed E-state index contributed by atoms with van der Waals surface area (Å²) in [6.45, 7) is 10.2. The Morgan fingerprint density at radius 2 is 1.84 bits per heavy atom. The van der Waals surface area contributed by atoms with E-state index in [0.29, 0.717) is 11.1 Å². The van der Waals surface area contributed by atoms with E-state index in [1.165, 1.54) is 22.9 Å². The van der Waals surface area contributed by atoms with Crippen LogP contribution in [0.2, 0.25) is 0 Å². The second-order valence-electron chi connectivity index (χ2n) is 6.13. The molecule has 3 aromatic rings. The Bertz CT molecular complexity index is 941. The Kier molecular flexibility index (Phi) is 5.11. The maximum absolute atomic E-state index is 12.6. The molecule has 0 spiro atoms. The maximum atomic E-state index is 12.6. The van der Waals surface area contributed by atoms with Gasteiger partial charge in [-0.15, -0.1) is 21.5 Å². The van der Waals surface area contributed by atoms with E-state index in [-0.39, 0.29) is 11.5 Å². The number of aromatic nitrogens is 2. The topological polar surface area (TPSA) is 56.0 Å². The zero-order chi connectivity index (χ0) is 18.1. The van der Waals surface area contributed by atoms with E-state index in [2.05, 4.69) is 24.0 Å². The highest BCUT2D eigenvalue weighted by Gasteiger charge is 2.17. The number of carbonyl (C=O) groups is 1. The summed E-state index contributed by atoms with van der Waals surface area (Å²) in [6.07, 6.45) is 0. The predicted molar refractivity (Wildman–Crippen MR) is 103 cm³/mol. The highest BCUT2D eigenvalue weighted by Crippen LogP contribution is 2.30. The number of Topliss-reactive ketones (excluding diaryl/α,β-unsaturated/α-hetero) is 1. The van der Waals surface area contributed by atoms with Gasteiger partial charge in [0.15, 0.2) is 5.78 Å². The van der Waals surface area contributed by atoms with Crippen LogP contribution in [-0.2, 0) is 0 Å². The lowest BCUT2D eigenvalue weighted by Gasteiger charge is -2.13. The molecular formula is C19H20N2O2S2. The largest absolute Gasteiger partial charge is 0.410 e. The van der Waals surface area contributed by atoms with Crippen molar-refractivity contribution in [2.24, 2.45) is 0 Å². The third-order valence-electron chi connectivity index (χ3n) is 4.57. The van der Waals surface area contributed by atoms with Gasteiger partial charge in [-0.05, 0) is 79.9 Å². The fraction of sp³-hybridized carbons (Fsp3) is 0.316. The van der Waals surface area contributed by atoms with Crippen molar-refractivity contribution in [1.29, 1.82) is 0 Å². The van der Waals surface area contributed by atoms with E-state index >= 15 is 0 Å². The van der Waals surface area contributed by atoms with E-state index in [4.69, 9.17) is 4.42 Å². The molecule has 0 unspecified atom stereocenters. The van der Waals surface area contributed by atoms with E-state index in [1.54, 1.807) is 11.3 Å². The number of aryl methyl sites for hydroxylation is 2. The average molecular weight is 373 g/mol. The molecule has 2 aromatic heterocycles. The van der Waals surface area contributed by atoms with Gasteiger partial charge in [-0.25, -0.2) is 0 Å². The molecule has 1 aromatic carbocycles. The lowest BCUT2D eigenvalue weighted by molar-refractivity contribution is 0.102. The summed E-state index contributed by atoms with van der Waals surface area (Å²) in [4.78, 5) is 13.6. The first-order valence-electron chi connectivity index (χ1n) is 8.00. The Balaban J connectivity index is 1.74. The molecule has 4 nitrogen and oxygen atoms in total. The molecule has 0 amide bonds. The summed E-state index contributed by atoms with van der Waals surface area (Å²) in [6, 6.07) is 4.00. The van der Waals surface area contributed by atoms with Gasteiger partial charge in [0.2, 0.25) is 0 Å². The van der Waals surface area contributed by atoms with E-state index in [0.717, 1.165) is 27.1 Å². The van der Waals surface area contributed by atoms with Crippen LogP contribution >= 0.6 is 23.1 Å². The third-order valence-corrected chi connectivity index (χ3v) is 6.39. The van der Waals surface area contributed by atoms with Crippen LogP contribution in [0.3, 0.4) is 0 Å². The second-order valence-corrected chi connectivity index (χ2v) is 7.98. The van der Waals surface area contributed by atoms with Crippen LogP contribution < -0.4 is 0 Å². The minimum Gasteiger partial charge on any atom is -0.410 e. The van der Waals surface area contributed by atoms with Crippen LogP contribution in [0.25, 0.3) is 10.8 Å². The highest BCUT2D eigenvalue weighted by atomic mass is 32.2. The first-order valence-corrected chi connectivity index (χ1v) is 9.86. The number of carbonyl (C=O) groups excluding carboxylic acids is 1. The molecule has 0 fully saturated rings. The lowest BCUT2D eigenvalue weighted by atomic mass is 9.93. The van der Waals surface area contributed by atoms with Gasteiger partial charge in [0.1, 0.15) is 0 Å². The molecule has 0 saturated carbocycles. The zero-order valence-corrected chi connectivity index (χ0v) is 16.6. The van der Waals surface area contributed by atoms with Crippen LogP contribution in [0.4, 0.5) is 0 Å². The molecule has 0 radical (unpaired) electrons. The summed E-state index contributed by atoms with van der Waals surface area (Å²) in [5.41, 5.74) is 6.51. The summed E-state index contributed by atoms with van der Waals surface area (Å²) >= 11 is 2.86. The Morgan fingerprint density at radius 3 is 2.52 bits per heavy atom. The molecule has 0 atom stereocenters. The number of ketones is 1. The van der Waals surface area contributed by atoms with Crippen molar-refractivity contribution in [3.8, 4) is 10.8 Å². The number of benzene rings is 1. The van der Waals surface area contributed by atoms with Gasteiger partial charge < -0.3 is 4.42 Å². The molecule has 6 heteroatoms. The lowest BCUT2D eigenvalue weighted by Crippen LogP contribution is -2.08. The first-order chi connectivity index (χ1) is 11.9. The molecule has 3 rings (SSSR count). The summed E-state index contributed by atoms with van der Waals surface area (Å²) < 4.78 is 5.69. The molecule has 0 aliphatic rings. The number of hydrogen-bond donors (Lipinski definition) is 0. The third kappa shape index (κ3) is 3.55. The van der Waals surface area contributed by atoms with Gasteiger partial charge in [0.25, 0.3) is 11.1 Å². The number of hydrogen-bond acceptors (Lipinski definition) is 6. The number of nitrogens with zero attached hydrogens (tertiary/aromatic N) is 2. The van der Waals surface area contributed by atoms with Crippen LogP contribution in [0, 0.1) is 34.6 Å². The normalized spacial score (nSPS) is 11.1. The molecule has 0 aliphatic carbocycles. The summed E-state index contributed by atoms with van der Waals surface area (Å²) in [7, 11) is 0.